The largest absolute Gasteiger partial charge is 0.491 e. The van der Waals surface area contributed by atoms with E-state index < -0.39 is 0 Å². The number of rotatable bonds is 27. The number of carbonyl (C=O) groups excluding carboxylic acids is 1. The van der Waals surface area contributed by atoms with Crippen molar-refractivity contribution in [1.29, 1.82) is 0 Å². The lowest BCUT2D eigenvalue weighted by Crippen LogP contribution is -2.28. The summed E-state index contributed by atoms with van der Waals surface area (Å²) < 4.78 is 17.8. The summed E-state index contributed by atoms with van der Waals surface area (Å²) in [6.07, 6.45) is 24.2. The third-order valence-electron chi connectivity index (χ3n) is 6.99. The van der Waals surface area contributed by atoms with Gasteiger partial charge < -0.3 is 14.2 Å². The highest BCUT2D eigenvalue weighted by atomic mass is 16.6. The van der Waals surface area contributed by atoms with Crippen LogP contribution in [0.15, 0.2) is 24.3 Å². The Morgan fingerprint density at radius 1 is 0.622 bits per heavy atom. The van der Waals surface area contributed by atoms with Crippen LogP contribution in [0.5, 0.6) is 5.75 Å². The first kappa shape index (κ1) is 33.6. The van der Waals surface area contributed by atoms with Crippen molar-refractivity contribution in [3.05, 3.63) is 29.8 Å². The van der Waals surface area contributed by atoms with E-state index >= 15 is 0 Å². The van der Waals surface area contributed by atoms with Gasteiger partial charge in [0.15, 0.2) is 5.78 Å². The second-order valence-corrected chi connectivity index (χ2v) is 10.6. The molecule has 1 rings (SSSR count). The number of ether oxygens (including phenoxy) is 3. The lowest BCUT2D eigenvalue weighted by Gasteiger charge is -2.19. The molecule has 4 nitrogen and oxygen atoms in total. The number of benzene rings is 1. The zero-order valence-electron chi connectivity index (χ0n) is 24.6. The lowest BCUT2D eigenvalue weighted by atomic mass is 10.0. The summed E-state index contributed by atoms with van der Waals surface area (Å²) in [6.45, 7) is 8.57. The summed E-state index contributed by atoms with van der Waals surface area (Å²) in [7, 11) is 0. The van der Waals surface area contributed by atoms with Crippen molar-refractivity contribution in [1.82, 2.24) is 0 Å². The fourth-order valence-electron chi connectivity index (χ4n) is 4.48. The normalized spacial score (nSPS) is 12.1. The highest BCUT2D eigenvalue weighted by molar-refractivity contribution is 5.94. The maximum absolute atomic E-state index is 11.4. The monoisotopic (exact) mass is 518 g/mol. The maximum Gasteiger partial charge on any atom is 0.159 e. The fraction of sp³-hybridized carbons (Fsp3) is 0.788. The van der Waals surface area contributed by atoms with Gasteiger partial charge in [0, 0.05) is 18.8 Å². The number of Topliss-reactive ketones (excluding diaryl/α,β-unsaturated/α-hetero) is 1. The summed E-state index contributed by atoms with van der Waals surface area (Å²) in [5.41, 5.74) is 0.699. The van der Waals surface area contributed by atoms with E-state index in [9.17, 15) is 4.79 Å². The Labute approximate surface area is 229 Å². The Morgan fingerprint density at radius 2 is 1.11 bits per heavy atom. The highest BCUT2D eigenvalue weighted by Gasteiger charge is 2.11. The van der Waals surface area contributed by atoms with Gasteiger partial charge in [-0.15, -0.1) is 0 Å². The van der Waals surface area contributed by atoms with Crippen LogP contribution in [0.1, 0.15) is 147 Å². The van der Waals surface area contributed by atoms with Crippen molar-refractivity contribution in [2.45, 2.75) is 142 Å². The summed E-state index contributed by atoms with van der Waals surface area (Å²) in [4.78, 5) is 11.4. The first-order chi connectivity index (χ1) is 18.2. The average Bonchev–Trinajstić information content (AvgIpc) is 2.91. The van der Waals surface area contributed by atoms with Crippen molar-refractivity contribution < 1.29 is 19.0 Å². The van der Waals surface area contributed by atoms with Crippen molar-refractivity contribution in [3.63, 3.8) is 0 Å². The second-order valence-electron chi connectivity index (χ2n) is 10.6. The molecule has 0 heterocycles. The molecule has 0 saturated carbocycles. The summed E-state index contributed by atoms with van der Waals surface area (Å²) in [6, 6.07) is 7.30. The lowest BCUT2D eigenvalue weighted by molar-refractivity contribution is -0.0386. The molecule has 1 aromatic rings. The first-order valence-corrected chi connectivity index (χ1v) is 15.6. The molecule has 0 aliphatic heterocycles. The van der Waals surface area contributed by atoms with Gasteiger partial charge in [-0.3, -0.25) is 4.79 Å². The molecule has 0 unspecified atom stereocenters. The Bertz CT molecular complexity index is 628. The topological polar surface area (TPSA) is 44.8 Å². The molecule has 0 saturated heterocycles. The molecule has 1 aromatic carbocycles. The molecular weight excluding hydrogens is 460 g/mol. The summed E-state index contributed by atoms with van der Waals surface area (Å²) in [5, 5.41) is 0. The standard InChI is InChI=1S/C33H58O4/c1-4-6-8-9-10-11-12-13-14-15-16-17-18-19-20-21-26-35-28-33(36-27-7-5-2)29-37-32-24-22-31(23-25-32)30(3)34/h22-25,33H,4-21,26-29H2,1-3H3/t33-/m1/s1. The zero-order chi connectivity index (χ0) is 26.8. The van der Waals surface area contributed by atoms with Crippen LogP contribution in [0, 0.1) is 0 Å². The van der Waals surface area contributed by atoms with Gasteiger partial charge in [-0.25, -0.2) is 0 Å². The second kappa shape index (κ2) is 24.9. The molecule has 1 atom stereocenters. The molecule has 0 spiro atoms. The third kappa shape index (κ3) is 20.3. The van der Waals surface area contributed by atoms with E-state index in [4.69, 9.17) is 14.2 Å². The molecule has 0 N–H and O–H groups in total. The van der Waals surface area contributed by atoms with Crippen molar-refractivity contribution in [3.8, 4) is 5.75 Å². The maximum atomic E-state index is 11.4. The van der Waals surface area contributed by atoms with Gasteiger partial charge in [0.05, 0.1) is 6.61 Å². The van der Waals surface area contributed by atoms with Gasteiger partial charge in [-0.05, 0) is 44.0 Å². The number of hydrogen-bond donors (Lipinski definition) is 0. The Hall–Kier alpha value is -1.39. The predicted molar refractivity (Wildman–Crippen MR) is 157 cm³/mol. The molecule has 0 aliphatic carbocycles. The fourth-order valence-corrected chi connectivity index (χ4v) is 4.48. The quantitative estimate of drug-likeness (QED) is 0.0858. The van der Waals surface area contributed by atoms with Crippen LogP contribution in [0.4, 0.5) is 0 Å². The van der Waals surface area contributed by atoms with Crippen LogP contribution < -0.4 is 4.74 Å². The average molecular weight is 519 g/mol. The van der Waals surface area contributed by atoms with E-state index in [1.165, 1.54) is 96.3 Å². The molecule has 0 amide bonds. The van der Waals surface area contributed by atoms with Crippen LogP contribution in [0.2, 0.25) is 0 Å². The van der Waals surface area contributed by atoms with E-state index in [0.29, 0.717) is 18.8 Å². The van der Waals surface area contributed by atoms with Crippen LogP contribution in [0.3, 0.4) is 0 Å². The van der Waals surface area contributed by atoms with Crippen LogP contribution in [0.25, 0.3) is 0 Å². The molecule has 37 heavy (non-hydrogen) atoms. The van der Waals surface area contributed by atoms with E-state index in [1.54, 1.807) is 19.1 Å². The SMILES string of the molecule is CCCCCCCCCCCCCCCCCCOC[C@H](COc1ccc(C(C)=O)cc1)OCCCC. The Balaban J connectivity index is 2.00. The van der Waals surface area contributed by atoms with Gasteiger partial charge in [0.1, 0.15) is 18.5 Å². The van der Waals surface area contributed by atoms with Gasteiger partial charge >= 0.3 is 0 Å². The van der Waals surface area contributed by atoms with E-state index in [1.807, 2.05) is 12.1 Å². The summed E-state index contributed by atoms with van der Waals surface area (Å²) >= 11 is 0. The molecule has 4 heteroatoms. The predicted octanol–water partition coefficient (Wildman–Crippen LogP) is 9.73. The van der Waals surface area contributed by atoms with Crippen molar-refractivity contribution in [2.75, 3.05) is 26.4 Å². The number of ketones is 1. The van der Waals surface area contributed by atoms with Gasteiger partial charge in [-0.2, -0.15) is 0 Å². The molecule has 214 valence electrons. The van der Waals surface area contributed by atoms with Crippen LogP contribution >= 0.6 is 0 Å². The highest BCUT2D eigenvalue weighted by Crippen LogP contribution is 2.15. The van der Waals surface area contributed by atoms with Gasteiger partial charge in [0.25, 0.3) is 0 Å². The number of carbonyl (C=O) groups is 1. The minimum atomic E-state index is -0.0694. The minimum absolute atomic E-state index is 0.0646. The van der Waals surface area contributed by atoms with E-state index in [0.717, 1.165) is 38.2 Å². The Kier molecular flexibility index (Phi) is 22.7. The van der Waals surface area contributed by atoms with Crippen LogP contribution in [-0.4, -0.2) is 38.3 Å². The molecular formula is C33H58O4. The smallest absolute Gasteiger partial charge is 0.159 e. The molecule has 0 fully saturated rings. The van der Waals surface area contributed by atoms with Crippen molar-refractivity contribution in [2.24, 2.45) is 0 Å². The van der Waals surface area contributed by atoms with Gasteiger partial charge in [0.2, 0.25) is 0 Å². The number of hydrogen-bond acceptors (Lipinski definition) is 4. The number of unbranched alkanes of at least 4 members (excludes halogenated alkanes) is 16. The molecule has 0 aliphatic rings. The van der Waals surface area contributed by atoms with Crippen LogP contribution in [-0.2, 0) is 9.47 Å². The van der Waals surface area contributed by atoms with E-state index in [2.05, 4.69) is 13.8 Å². The van der Waals surface area contributed by atoms with Gasteiger partial charge in [-0.1, -0.05) is 117 Å². The van der Waals surface area contributed by atoms with E-state index in [-0.39, 0.29) is 11.9 Å². The minimum Gasteiger partial charge on any atom is -0.491 e. The summed E-state index contributed by atoms with van der Waals surface area (Å²) in [5.74, 6) is 0.821. The zero-order valence-corrected chi connectivity index (χ0v) is 24.6. The third-order valence-corrected chi connectivity index (χ3v) is 6.99. The molecule has 0 aromatic heterocycles. The Morgan fingerprint density at radius 3 is 1.59 bits per heavy atom. The first-order valence-electron chi connectivity index (χ1n) is 15.6. The molecule has 0 bridgehead atoms. The van der Waals surface area contributed by atoms with Crippen molar-refractivity contribution >= 4 is 5.78 Å². The molecule has 0 radical (unpaired) electrons.